The van der Waals surface area contributed by atoms with Crippen molar-refractivity contribution in [1.29, 1.82) is 0 Å². The number of carbonyl (C=O) groups excluding carboxylic acids is 2. The number of alkyl carbamates (subject to hydrolysis) is 1. The average molecular weight is 458 g/mol. The standard InChI is InChI=1S/C19H21ClFN3O5S/c1-3-27-17(25)16-14(7-8-22-16)24(18(30)23-19(26)28-4-2)10-12-5-6-13(20)15(9-12)29-11-21/h5-9,22H,3-4,10-11H2,1-2H3,(H,23,26,30). The maximum absolute atomic E-state index is 12.6. The minimum absolute atomic E-state index is 0.0125. The zero-order chi connectivity index (χ0) is 22.1. The Labute approximate surface area is 183 Å². The lowest BCUT2D eigenvalue weighted by molar-refractivity contribution is 0.0521. The fourth-order valence-corrected chi connectivity index (χ4v) is 2.96. The van der Waals surface area contributed by atoms with Gasteiger partial charge in [-0.05, 0) is 49.8 Å². The van der Waals surface area contributed by atoms with Gasteiger partial charge in [0.25, 0.3) is 0 Å². The van der Waals surface area contributed by atoms with Crippen molar-refractivity contribution in [2.24, 2.45) is 0 Å². The fourth-order valence-electron chi connectivity index (χ4n) is 2.54. The van der Waals surface area contributed by atoms with Gasteiger partial charge in [-0.2, -0.15) is 0 Å². The van der Waals surface area contributed by atoms with Crippen LogP contribution in [0.25, 0.3) is 0 Å². The number of halogens is 2. The summed E-state index contributed by atoms with van der Waals surface area (Å²) in [7, 11) is 0. The first-order valence-corrected chi connectivity index (χ1v) is 9.76. The molecule has 1 heterocycles. The molecule has 2 N–H and O–H groups in total. The minimum atomic E-state index is -1.04. The SMILES string of the molecule is CCOC(=O)NC(=S)N(Cc1ccc(Cl)c(OCF)c1)c1cc[nH]c1C(=O)OCC. The number of nitrogens with one attached hydrogen (secondary N) is 2. The fraction of sp³-hybridized carbons (Fsp3) is 0.316. The second-order valence-electron chi connectivity index (χ2n) is 5.71. The van der Waals surface area contributed by atoms with Crippen LogP contribution in [0.3, 0.4) is 0 Å². The third-order valence-electron chi connectivity index (χ3n) is 3.77. The van der Waals surface area contributed by atoms with E-state index in [1.807, 2.05) is 0 Å². The smallest absolute Gasteiger partial charge is 0.413 e. The molecule has 2 aromatic rings. The molecule has 0 unspecified atom stereocenters. The van der Waals surface area contributed by atoms with Crippen molar-refractivity contribution in [3.05, 3.63) is 46.7 Å². The van der Waals surface area contributed by atoms with Gasteiger partial charge in [-0.1, -0.05) is 17.7 Å². The molecule has 8 nitrogen and oxygen atoms in total. The molecule has 30 heavy (non-hydrogen) atoms. The Kier molecular flexibility index (Phi) is 8.88. The Hall–Kier alpha value is -2.85. The maximum atomic E-state index is 12.6. The monoisotopic (exact) mass is 457 g/mol. The molecule has 0 saturated carbocycles. The topological polar surface area (TPSA) is 92.9 Å². The summed E-state index contributed by atoms with van der Waals surface area (Å²) in [4.78, 5) is 28.5. The van der Waals surface area contributed by atoms with Gasteiger partial charge in [-0.25, -0.2) is 14.0 Å². The summed E-state index contributed by atoms with van der Waals surface area (Å²) in [5.41, 5.74) is 1.16. The molecule has 0 aliphatic carbocycles. The predicted molar refractivity (Wildman–Crippen MR) is 114 cm³/mol. The summed E-state index contributed by atoms with van der Waals surface area (Å²) in [5.74, 6) is -0.431. The van der Waals surface area contributed by atoms with Crippen LogP contribution >= 0.6 is 23.8 Å². The van der Waals surface area contributed by atoms with Gasteiger partial charge in [0.05, 0.1) is 30.5 Å². The minimum Gasteiger partial charge on any atom is -0.461 e. The molecule has 162 valence electrons. The number of hydrogen-bond donors (Lipinski definition) is 2. The summed E-state index contributed by atoms with van der Waals surface area (Å²) in [6, 6.07) is 6.38. The van der Waals surface area contributed by atoms with Gasteiger partial charge in [0.1, 0.15) is 11.4 Å². The van der Waals surface area contributed by atoms with Crippen LogP contribution in [0.4, 0.5) is 14.9 Å². The zero-order valence-electron chi connectivity index (χ0n) is 16.4. The summed E-state index contributed by atoms with van der Waals surface area (Å²) < 4.78 is 27.4. The Balaban J connectivity index is 2.39. The first kappa shape index (κ1) is 23.4. The third-order valence-corrected chi connectivity index (χ3v) is 4.41. The van der Waals surface area contributed by atoms with Crippen LogP contribution in [0.2, 0.25) is 5.02 Å². The van der Waals surface area contributed by atoms with E-state index in [0.717, 1.165) is 0 Å². The number of thiocarbonyl (C=S) groups is 1. The highest BCUT2D eigenvalue weighted by molar-refractivity contribution is 7.80. The van der Waals surface area contributed by atoms with Gasteiger partial charge < -0.3 is 24.1 Å². The van der Waals surface area contributed by atoms with Crippen LogP contribution < -0.4 is 15.0 Å². The summed E-state index contributed by atoms with van der Waals surface area (Å²) in [6.07, 6.45) is 0.805. The lowest BCUT2D eigenvalue weighted by Gasteiger charge is -2.25. The molecule has 0 aliphatic heterocycles. The summed E-state index contributed by atoms with van der Waals surface area (Å²) in [6.45, 7) is 2.75. The summed E-state index contributed by atoms with van der Waals surface area (Å²) in [5, 5.41) is 2.68. The van der Waals surface area contributed by atoms with Crippen molar-refractivity contribution in [1.82, 2.24) is 10.3 Å². The van der Waals surface area contributed by atoms with E-state index < -0.39 is 18.9 Å². The lowest BCUT2D eigenvalue weighted by Crippen LogP contribution is -2.43. The Morgan fingerprint density at radius 3 is 2.63 bits per heavy atom. The van der Waals surface area contributed by atoms with Gasteiger partial charge in [0, 0.05) is 6.20 Å². The third kappa shape index (κ3) is 6.07. The van der Waals surface area contributed by atoms with Crippen molar-refractivity contribution in [2.75, 3.05) is 25.0 Å². The van der Waals surface area contributed by atoms with E-state index in [1.54, 1.807) is 44.3 Å². The summed E-state index contributed by atoms with van der Waals surface area (Å²) >= 11 is 11.4. The number of benzene rings is 1. The quantitative estimate of drug-likeness (QED) is 0.453. The molecule has 0 bridgehead atoms. The van der Waals surface area contributed by atoms with Crippen LogP contribution in [0.5, 0.6) is 5.75 Å². The number of rotatable bonds is 8. The molecule has 0 radical (unpaired) electrons. The van der Waals surface area contributed by atoms with Crippen LogP contribution in [-0.2, 0) is 16.0 Å². The Morgan fingerprint density at radius 2 is 1.97 bits per heavy atom. The Bertz CT molecular complexity index is 908. The number of aromatic amines is 1. The first-order valence-electron chi connectivity index (χ1n) is 8.98. The molecule has 11 heteroatoms. The van der Waals surface area contributed by atoms with Gasteiger partial charge in [0.15, 0.2) is 5.11 Å². The van der Waals surface area contributed by atoms with E-state index in [0.29, 0.717) is 11.3 Å². The number of amides is 1. The molecule has 0 saturated heterocycles. The number of aromatic nitrogens is 1. The van der Waals surface area contributed by atoms with E-state index in [2.05, 4.69) is 10.3 Å². The normalized spacial score (nSPS) is 10.3. The first-order chi connectivity index (χ1) is 14.4. The van der Waals surface area contributed by atoms with Crippen molar-refractivity contribution in [3.8, 4) is 5.75 Å². The highest BCUT2D eigenvalue weighted by Gasteiger charge is 2.24. The molecule has 1 amide bonds. The number of hydrogen-bond acceptors (Lipinski definition) is 6. The number of nitrogens with zero attached hydrogens (tertiary/aromatic N) is 1. The van der Waals surface area contributed by atoms with Gasteiger partial charge >= 0.3 is 12.1 Å². The van der Waals surface area contributed by atoms with Gasteiger partial charge in [0.2, 0.25) is 6.86 Å². The number of anilines is 1. The molecular weight excluding hydrogens is 437 g/mol. The molecule has 1 aromatic heterocycles. The van der Waals surface area contributed by atoms with Gasteiger partial charge in [-0.15, -0.1) is 0 Å². The van der Waals surface area contributed by atoms with Gasteiger partial charge in [-0.3, -0.25) is 5.32 Å². The second kappa shape index (κ2) is 11.4. The lowest BCUT2D eigenvalue weighted by atomic mass is 10.2. The largest absolute Gasteiger partial charge is 0.461 e. The number of alkyl halides is 1. The maximum Gasteiger partial charge on any atom is 0.413 e. The average Bonchev–Trinajstić information content (AvgIpc) is 3.18. The number of ether oxygens (including phenoxy) is 3. The highest BCUT2D eigenvalue weighted by Crippen LogP contribution is 2.28. The van der Waals surface area contributed by atoms with Crippen LogP contribution in [0, 0.1) is 0 Å². The molecule has 2 rings (SSSR count). The number of carbonyl (C=O) groups is 2. The molecule has 0 atom stereocenters. The number of H-pyrrole nitrogens is 1. The molecule has 1 aromatic carbocycles. The Morgan fingerprint density at radius 1 is 1.23 bits per heavy atom. The van der Waals surface area contributed by atoms with Crippen molar-refractivity contribution >= 4 is 46.7 Å². The van der Waals surface area contributed by atoms with Crippen molar-refractivity contribution < 1.29 is 28.2 Å². The van der Waals surface area contributed by atoms with Crippen LogP contribution in [-0.4, -0.2) is 42.2 Å². The zero-order valence-corrected chi connectivity index (χ0v) is 17.9. The van der Waals surface area contributed by atoms with E-state index in [9.17, 15) is 14.0 Å². The number of esters is 1. The molecule has 0 spiro atoms. The van der Waals surface area contributed by atoms with Crippen LogP contribution in [0.1, 0.15) is 29.9 Å². The van der Waals surface area contributed by atoms with E-state index in [4.69, 9.17) is 38.0 Å². The highest BCUT2D eigenvalue weighted by atomic mass is 35.5. The van der Waals surface area contributed by atoms with Crippen LogP contribution in [0.15, 0.2) is 30.5 Å². The van der Waals surface area contributed by atoms with E-state index in [1.165, 1.54) is 4.90 Å². The van der Waals surface area contributed by atoms with Crippen molar-refractivity contribution in [3.63, 3.8) is 0 Å². The second-order valence-corrected chi connectivity index (χ2v) is 6.51. The molecule has 0 fully saturated rings. The molecular formula is C19H21ClFN3O5S. The van der Waals surface area contributed by atoms with E-state index in [-0.39, 0.29) is 41.3 Å². The van der Waals surface area contributed by atoms with E-state index >= 15 is 0 Å². The van der Waals surface area contributed by atoms with Crippen molar-refractivity contribution in [2.45, 2.75) is 20.4 Å². The molecule has 0 aliphatic rings. The predicted octanol–water partition coefficient (Wildman–Crippen LogP) is 4.19.